The van der Waals surface area contributed by atoms with E-state index in [0.717, 1.165) is 18.5 Å². The van der Waals surface area contributed by atoms with Crippen LogP contribution in [0.4, 0.5) is 5.69 Å². The minimum absolute atomic E-state index is 0.183. The van der Waals surface area contributed by atoms with Crippen LogP contribution in [0.2, 0.25) is 0 Å². The van der Waals surface area contributed by atoms with Crippen LogP contribution in [0, 0.1) is 0 Å². The molecule has 92 valence electrons. The molecule has 1 rings (SSSR count). The predicted molar refractivity (Wildman–Crippen MR) is 66.7 cm³/mol. The Labute approximate surface area is 97.8 Å². The first-order chi connectivity index (χ1) is 7.47. The highest BCUT2D eigenvalue weighted by Gasteiger charge is 2.18. The maximum atomic E-state index is 6.04. The fourth-order valence-electron chi connectivity index (χ4n) is 1.77. The summed E-state index contributed by atoms with van der Waals surface area (Å²) in [5.41, 5.74) is 7.64. The lowest BCUT2D eigenvalue weighted by Crippen LogP contribution is -2.14. The summed E-state index contributed by atoms with van der Waals surface area (Å²) in [6.45, 7) is 8.37. The van der Waals surface area contributed by atoms with Gasteiger partial charge in [0.25, 0.3) is 0 Å². The number of aryl methyl sites for hydroxylation is 1. The van der Waals surface area contributed by atoms with E-state index in [1.165, 1.54) is 0 Å². The van der Waals surface area contributed by atoms with Crippen molar-refractivity contribution in [2.75, 3.05) is 5.73 Å². The van der Waals surface area contributed by atoms with Gasteiger partial charge in [-0.3, -0.25) is 0 Å². The zero-order chi connectivity index (χ0) is 12.3. The highest BCUT2D eigenvalue weighted by molar-refractivity contribution is 5.54. The van der Waals surface area contributed by atoms with E-state index < -0.39 is 0 Å². The number of aromatic nitrogens is 2. The zero-order valence-corrected chi connectivity index (χ0v) is 10.9. The average molecular weight is 225 g/mol. The SMILES string of the molecule is CCCC(C)Oc1c(N)c(C(C)C)nn1C. The van der Waals surface area contributed by atoms with Gasteiger partial charge in [0.05, 0.1) is 11.8 Å². The number of nitrogen functional groups attached to an aromatic ring is 1. The Morgan fingerprint density at radius 2 is 2.00 bits per heavy atom. The first-order valence-electron chi connectivity index (χ1n) is 5.96. The maximum Gasteiger partial charge on any atom is 0.236 e. The van der Waals surface area contributed by atoms with Gasteiger partial charge in [-0.15, -0.1) is 0 Å². The van der Waals surface area contributed by atoms with Gasteiger partial charge < -0.3 is 10.5 Å². The summed E-state index contributed by atoms with van der Waals surface area (Å²) >= 11 is 0. The van der Waals surface area contributed by atoms with Gasteiger partial charge in [-0.1, -0.05) is 27.2 Å². The fraction of sp³-hybridized carbons (Fsp3) is 0.750. The third-order valence-electron chi connectivity index (χ3n) is 2.61. The van der Waals surface area contributed by atoms with Gasteiger partial charge in [0.1, 0.15) is 5.69 Å². The summed E-state index contributed by atoms with van der Waals surface area (Å²) in [5.74, 6) is 1.02. The molecule has 1 aromatic rings. The molecule has 0 amide bonds. The Balaban J connectivity index is 2.88. The van der Waals surface area contributed by atoms with E-state index in [1.54, 1.807) is 4.68 Å². The lowest BCUT2D eigenvalue weighted by Gasteiger charge is -2.14. The van der Waals surface area contributed by atoms with Crippen LogP contribution in [0.1, 0.15) is 52.1 Å². The number of hydrogen-bond acceptors (Lipinski definition) is 3. The Morgan fingerprint density at radius 3 is 2.44 bits per heavy atom. The van der Waals surface area contributed by atoms with Gasteiger partial charge in [0.2, 0.25) is 5.88 Å². The van der Waals surface area contributed by atoms with Crippen LogP contribution in [0.15, 0.2) is 0 Å². The zero-order valence-electron chi connectivity index (χ0n) is 10.9. The van der Waals surface area contributed by atoms with E-state index in [2.05, 4.69) is 32.8 Å². The molecule has 0 aliphatic rings. The largest absolute Gasteiger partial charge is 0.473 e. The molecule has 0 aliphatic carbocycles. The first kappa shape index (κ1) is 12.9. The quantitative estimate of drug-likeness (QED) is 0.838. The third kappa shape index (κ3) is 2.68. The van der Waals surface area contributed by atoms with E-state index >= 15 is 0 Å². The minimum Gasteiger partial charge on any atom is -0.473 e. The van der Waals surface area contributed by atoms with Crippen molar-refractivity contribution in [2.45, 2.75) is 52.6 Å². The lowest BCUT2D eigenvalue weighted by molar-refractivity contribution is 0.193. The van der Waals surface area contributed by atoms with Crippen LogP contribution < -0.4 is 10.5 Å². The van der Waals surface area contributed by atoms with Crippen molar-refractivity contribution in [3.8, 4) is 5.88 Å². The minimum atomic E-state index is 0.183. The number of nitrogens with zero attached hydrogens (tertiary/aromatic N) is 2. The average Bonchev–Trinajstić information content (AvgIpc) is 2.46. The number of rotatable bonds is 5. The fourth-order valence-corrected chi connectivity index (χ4v) is 1.77. The summed E-state index contributed by atoms with van der Waals surface area (Å²) in [6, 6.07) is 0. The Morgan fingerprint density at radius 1 is 1.38 bits per heavy atom. The van der Waals surface area contributed by atoms with Crippen LogP contribution >= 0.6 is 0 Å². The highest BCUT2D eigenvalue weighted by atomic mass is 16.5. The molecule has 0 aliphatic heterocycles. The number of hydrogen-bond donors (Lipinski definition) is 1. The van der Waals surface area contributed by atoms with Crippen LogP contribution in [0.25, 0.3) is 0 Å². The van der Waals surface area contributed by atoms with E-state index in [-0.39, 0.29) is 6.10 Å². The van der Waals surface area contributed by atoms with Crippen LogP contribution in [0.5, 0.6) is 5.88 Å². The van der Waals surface area contributed by atoms with Crippen molar-refractivity contribution in [1.82, 2.24) is 9.78 Å². The summed E-state index contributed by atoms with van der Waals surface area (Å²) in [7, 11) is 1.87. The second-order valence-electron chi connectivity index (χ2n) is 4.60. The van der Waals surface area contributed by atoms with Crippen LogP contribution in [-0.2, 0) is 7.05 Å². The van der Waals surface area contributed by atoms with Crippen molar-refractivity contribution < 1.29 is 4.74 Å². The van der Waals surface area contributed by atoms with E-state index in [0.29, 0.717) is 17.5 Å². The molecule has 0 saturated heterocycles. The van der Waals surface area contributed by atoms with Crippen LogP contribution in [0.3, 0.4) is 0 Å². The van der Waals surface area contributed by atoms with Gasteiger partial charge in [0, 0.05) is 7.05 Å². The summed E-state index contributed by atoms with van der Waals surface area (Å²) < 4.78 is 7.56. The van der Waals surface area contributed by atoms with Gasteiger partial charge in [-0.05, 0) is 19.3 Å². The molecular formula is C12H23N3O. The molecule has 2 N–H and O–H groups in total. The summed E-state index contributed by atoms with van der Waals surface area (Å²) in [6.07, 6.45) is 2.32. The van der Waals surface area contributed by atoms with Gasteiger partial charge in [0.15, 0.2) is 0 Å². The monoisotopic (exact) mass is 225 g/mol. The van der Waals surface area contributed by atoms with E-state index in [9.17, 15) is 0 Å². The Kier molecular flexibility index (Phi) is 4.21. The topological polar surface area (TPSA) is 53.1 Å². The molecule has 1 heterocycles. The van der Waals surface area contributed by atoms with Gasteiger partial charge in [-0.2, -0.15) is 5.10 Å². The molecule has 1 atom stereocenters. The smallest absolute Gasteiger partial charge is 0.236 e. The second-order valence-corrected chi connectivity index (χ2v) is 4.60. The summed E-state index contributed by atoms with van der Waals surface area (Å²) in [5, 5.41) is 4.39. The third-order valence-corrected chi connectivity index (χ3v) is 2.61. The van der Waals surface area contributed by atoms with Crippen molar-refractivity contribution >= 4 is 5.69 Å². The van der Waals surface area contributed by atoms with Gasteiger partial charge in [-0.25, -0.2) is 4.68 Å². The maximum absolute atomic E-state index is 6.04. The second kappa shape index (κ2) is 5.23. The standard InChI is InChI=1S/C12H23N3O/c1-6-7-9(4)16-12-10(13)11(8(2)3)14-15(12)5/h8-9H,6-7,13H2,1-5H3. The molecule has 16 heavy (non-hydrogen) atoms. The Hall–Kier alpha value is -1.19. The molecule has 1 unspecified atom stereocenters. The normalized spacial score (nSPS) is 13.1. The van der Waals surface area contributed by atoms with Crippen molar-refractivity contribution in [1.29, 1.82) is 0 Å². The van der Waals surface area contributed by atoms with E-state index in [4.69, 9.17) is 10.5 Å². The highest BCUT2D eigenvalue weighted by Crippen LogP contribution is 2.30. The molecule has 4 nitrogen and oxygen atoms in total. The van der Waals surface area contributed by atoms with Crippen molar-refractivity contribution in [2.24, 2.45) is 7.05 Å². The summed E-state index contributed by atoms with van der Waals surface area (Å²) in [4.78, 5) is 0. The Bertz CT molecular complexity index is 344. The van der Waals surface area contributed by atoms with Gasteiger partial charge >= 0.3 is 0 Å². The molecule has 0 aromatic carbocycles. The molecular weight excluding hydrogens is 202 g/mol. The molecule has 0 saturated carbocycles. The molecule has 4 heteroatoms. The number of anilines is 1. The number of nitrogens with two attached hydrogens (primary N) is 1. The van der Waals surface area contributed by atoms with Crippen molar-refractivity contribution in [3.63, 3.8) is 0 Å². The molecule has 1 aromatic heterocycles. The van der Waals surface area contributed by atoms with Crippen LogP contribution in [-0.4, -0.2) is 15.9 Å². The number of ether oxygens (including phenoxy) is 1. The molecule has 0 radical (unpaired) electrons. The van der Waals surface area contributed by atoms with E-state index in [1.807, 2.05) is 7.05 Å². The molecule has 0 spiro atoms. The first-order valence-corrected chi connectivity index (χ1v) is 5.96. The molecule has 0 fully saturated rings. The van der Waals surface area contributed by atoms with Crippen molar-refractivity contribution in [3.05, 3.63) is 5.69 Å². The molecule has 0 bridgehead atoms. The predicted octanol–water partition coefficient (Wildman–Crippen LogP) is 2.69. The lowest BCUT2D eigenvalue weighted by atomic mass is 10.1.